The summed E-state index contributed by atoms with van der Waals surface area (Å²) in [5, 5.41) is 0. The minimum Gasteiger partial charge on any atom is -0.484 e. The fourth-order valence-corrected chi connectivity index (χ4v) is 3.60. The van der Waals surface area contributed by atoms with E-state index in [2.05, 4.69) is 0 Å². The van der Waals surface area contributed by atoms with Gasteiger partial charge in [-0.1, -0.05) is 18.2 Å². The van der Waals surface area contributed by atoms with Crippen molar-refractivity contribution in [1.82, 2.24) is 9.80 Å². The van der Waals surface area contributed by atoms with E-state index < -0.39 is 0 Å². The summed E-state index contributed by atoms with van der Waals surface area (Å²) in [6, 6.07) is 9.44. The highest BCUT2D eigenvalue weighted by Gasteiger charge is 2.31. The van der Waals surface area contributed by atoms with Crippen molar-refractivity contribution in [3.05, 3.63) is 30.3 Å². The molecule has 6 nitrogen and oxygen atoms in total. The normalized spacial score (nSPS) is 21.9. The van der Waals surface area contributed by atoms with Crippen LogP contribution in [0.3, 0.4) is 0 Å². The molecule has 0 radical (unpaired) electrons. The van der Waals surface area contributed by atoms with Gasteiger partial charge in [-0.2, -0.15) is 0 Å². The number of piperidine rings is 2. The van der Waals surface area contributed by atoms with Gasteiger partial charge in [-0.15, -0.1) is 0 Å². The second-order valence-corrected chi connectivity index (χ2v) is 6.94. The van der Waals surface area contributed by atoms with Gasteiger partial charge in [-0.3, -0.25) is 9.59 Å². The molecule has 1 aromatic rings. The molecule has 136 valence electrons. The van der Waals surface area contributed by atoms with E-state index in [0.717, 1.165) is 32.2 Å². The number of amides is 2. The highest BCUT2D eigenvalue weighted by Crippen LogP contribution is 2.22. The summed E-state index contributed by atoms with van der Waals surface area (Å²) in [6.45, 7) is 2.77. The number of benzene rings is 1. The number of para-hydroxylation sites is 1. The number of carbonyl (C=O) groups is 2. The Balaban J connectivity index is 1.43. The number of hydrogen-bond donors (Lipinski definition) is 1. The molecular formula is C19H27N3O3. The molecule has 6 heteroatoms. The van der Waals surface area contributed by atoms with Crippen molar-refractivity contribution in [2.24, 2.45) is 11.7 Å². The van der Waals surface area contributed by atoms with Crippen molar-refractivity contribution in [1.29, 1.82) is 0 Å². The number of ether oxygens (including phenoxy) is 1. The number of carbonyl (C=O) groups excluding carboxylic acids is 2. The van der Waals surface area contributed by atoms with Gasteiger partial charge in [0.05, 0.1) is 0 Å². The standard InChI is InChI=1S/C19H27N3O3/c20-16-5-4-10-22(13-16)19(24)15-8-11-21(12-9-15)18(23)14-25-17-6-2-1-3-7-17/h1-3,6-7,15-16H,4-5,8-14,20H2. The van der Waals surface area contributed by atoms with Crippen molar-refractivity contribution in [2.45, 2.75) is 31.7 Å². The van der Waals surface area contributed by atoms with E-state index in [4.69, 9.17) is 10.5 Å². The van der Waals surface area contributed by atoms with E-state index in [1.54, 1.807) is 4.90 Å². The minimum absolute atomic E-state index is 0.0180. The maximum atomic E-state index is 12.6. The molecule has 1 unspecified atom stereocenters. The highest BCUT2D eigenvalue weighted by atomic mass is 16.5. The molecule has 25 heavy (non-hydrogen) atoms. The van der Waals surface area contributed by atoms with Gasteiger partial charge in [0.1, 0.15) is 5.75 Å². The number of hydrogen-bond acceptors (Lipinski definition) is 4. The lowest BCUT2D eigenvalue weighted by molar-refractivity contribution is -0.142. The van der Waals surface area contributed by atoms with Crippen molar-refractivity contribution >= 4 is 11.8 Å². The lowest BCUT2D eigenvalue weighted by Crippen LogP contribution is -2.50. The van der Waals surface area contributed by atoms with Crippen LogP contribution in [-0.2, 0) is 9.59 Å². The van der Waals surface area contributed by atoms with E-state index in [9.17, 15) is 9.59 Å². The van der Waals surface area contributed by atoms with Crippen LogP contribution in [0.15, 0.2) is 30.3 Å². The molecule has 2 aliphatic rings. The molecule has 2 fully saturated rings. The Hall–Kier alpha value is -2.08. The molecule has 2 N–H and O–H groups in total. The van der Waals surface area contributed by atoms with Gasteiger partial charge in [0, 0.05) is 38.1 Å². The monoisotopic (exact) mass is 345 g/mol. The number of nitrogens with two attached hydrogens (primary N) is 1. The quantitative estimate of drug-likeness (QED) is 0.891. The van der Waals surface area contributed by atoms with E-state index in [1.165, 1.54) is 0 Å². The Labute approximate surface area is 148 Å². The smallest absolute Gasteiger partial charge is 0.260 e. The number of rotatable bonds is 4. The van der Waals surface area contributed by atoms with Gasteiger partial charge >= 0.3 is 0 Å². The van der Waals surface area contributed by atoms with Crippen LogP contribution in [0.25, 0.3) is 0 Å². The largest absolute Gasteiger partial charge is 0.484 e. The summed E-state index contributed by atoms with van der Waals surface area (Å²) >= 11 is 0. The van der Waals surface area contributed by atoms with Gasteiger partial charge in [-0.05, 0) is 37.8 Å². The van der Waals surface area contributed by atoms with E-state index in [1.807, 2.05) is 35.2 Å². The molecule has 0 saturated carbocycles. The second kappa shape index (κ2) is 8.34. The van der Waals surface area contributed by atoms with E-state index >= 15 is 0 Å². The molecule has 0 spiro atoms. The molecule has 0 aromatic heterocycles. The van der Waals surface area contributed by atoms with Crippen molar-refractivity contribution in [3.63, 3.8) is 0 Å². The summed E-state index contributed by atoms with van der Waals surface area (Å²) in [6.07, 6.45) is 3.43. The molecule has 1 atom stereocenters. The van der Waals surface area contributed by atoms with Gasteiger partial charge in [0.15, 0.2) is 6.61 Å². The van der Waals surface area contributed by atoms with Gasteiger partial charge in [-0.25, -0.2) is 0 Å². The molecule has 2 amide bonds. The van der Waals surface area contributed by atoms with Crippen LogP contribution in [0.1, 0.15) is 25.7 Å². The Morgan fingerprint density at radius 2 is 1.76 bits per heavy atom. The average Bonchev–Trinajstić information content (AvgIpc) is 2.66. The van der Waals surface area contributed by atoms with Crippen molar-refractivity contribution in [2.75, 3.05) is 32.8 Å². The maximum Gasteiger partial charge on any atom is 0.260 e. The van der Waals surface area contributed by atoms with Crippen LogP contribution in [0, 0.1) is 5.92 Å². The minimum atomic E-state index is -0.0188. The predicted molar refractivity (Wildman–Crippen MR) is 95.0 cm³/mol. The third kappa shape index (κ3) is 4.72. The third-order valence-electron chi connectivity index (χ3n) is 5.07. The zero-order chi connectivity index (χ0) is 17.6. The first-order chi connectivity index (χ1) is 12.1. The number of likely N-dealkylation sites (tertiary alicyclic amines) is 2. The van der Waals surface area contributed by atoms with Gasteiger partial charge in [0.2, 0.25) is 5.91 Å². The van der Waals surface area contributed by atoms with E-state index in [-0.39, 0.29) is 30.4 Å². The molecule has 1 aromatic carbocycles. The van der Waals surface area contributed by atoms with E-state index in [0.29, 0.717) is 25.4 Å². The predicted octanol–water partition coefficient (Wildman–Crippen LogP) is 1.25. The summed E-state index contributed by atoms with van der Waals surface area (Å²) in [7, 11) is 0. The van der Waals surface area contributed by atoms with Gasteiger partial charge < -0.3 is 20.3 Å². The molecule has 0 aliphatic carbocycles. The Kier molecular flexibility index (Phi) is 5.91. The SMILES string of the molecule is NC1CCCN(C(=O)C2CCN(C(=O)COc3ccccc3)CC2)C1. The molecule has 3 rings (SSSR count). The Bertz CT molecular complexity index is 585. The summed E-state index contributed by atoms with van der Waals surface area (Å²) in [5.41, 5.74) is 5.97. The zero-order valence-corrected chi connectivity index (χ0v) is 14.6. The molecule has 0 bridgehead atoms. The van der Waals surface area contributed by atoms with Crippen LogP contribution in [0.5, 0.6) is 5.75 Å². The van der Waals surface area contributed by atoms with Crippen LogP contribution in [-0.4, -0.2) is 60.4 Å². The molecule has 2 aliphatic heterocycles. The summed E-state index contributed by atoms with van der Waals surface area (Å²) in [4.78, 5) is 28.6. The molecule has 2 heterocycles. The maximum absolute atomic E-state index is 12.6. The fourth-order valence-electron chi connectivity index (χ4n) is 3.60. The lowest BCUT2D eigenvalue weighted by Gasteiger charge is -2.37. The summed E-state index contributed by atoms with van der Waals surface area (Å²) < 4.78 is 5.52. The topological polar surface area (TPSA) is 75.9 Å². The first kappa shape index (κ1) is 17.7. The van der Waals surface area contributed by atoms with Crippen LogP contribution >= 0.6 is 0 Å². The Morgan fingerprint density at radius 3 is 2.44 bits per heavy atom. The Morgan fingerprint density at radius 1 is 1.04 bits per heavy atom. The van der Waals surface area contributed by atoms with Crippen molar-refractivity contribution in [3.8, 4) is 5.75 Å². The first-order valence-corrected chi connectivity index (χ1v) is 9.13. The summed E-state index contributed by atoms with van der Waals surface area (Å²) in [5.74, 6) is 0.907. The fraction of sp³-hybridized carbons (Fsp3) is 0.579. The van der Waals surface area contributed by atoms with Crippen LogP contribution in [0.4, 0.5) is 0 Å². The second-order valence-electron chi connectivity index (χ2n) is 6.94. The third-order valence-corrected chi connectivity index (χ3v) is 5.07. The highest BCUT2D eigenvalue weighted by molar-refractivity contribution is 5.80. The number of nitrogens with zero attached hydrogens (tertiary/aromatic N) is 2. The lowest BCUT2D eigenvalue weighted by atomic mass is 9.94. The molecular weight excluding hydrogens is 318 g/mol. The van der Waals surface area contributed by atoms with Gasteiger partial charge in [0.25, 0.3) is 5.91 Å². The molecule has 2 saturated heterocycles. The van der Waals surface area contributed by atoms with Crippen LogP contribution in [0.2, 0.25) is 0 Å². The first-order valence-electron chi connectivity index (χ1n) is 9.13. The zero-order valence-electron chi connectivity index (χ0n) is 14.6. The van der Waals surface area contributed by atoms with Crippen molar-refractivity contribution < 1.29 is 14.3 Å². The van der Waals surface area contributed by atoms with Crippen LogP contribution < -0.4 is 10.5 Å². The average molecular weight is 345 g/mol.